The maximum absolute atomic E-state index is 12.7. The number of halogens is 1. The van der Waals surface area contributed by atoms with E-state index in [-0.39, 0.29) is 33.2 Å². The summed E-state index contributed by atoms with van der Waals surface area (Å²) in [6, 6.07) is 7.52. The number of hydrogen-bond acceptors (Lipinski definition) is 6. The van der Waals surface area contributed by atoms with Crippen LogP contribution < -0.4 is 0 Å². The highest BCUT2D eigenvalue weighted by molar-refractivity contribution is 8.18. The van der Waals surface area contributed by atoms with Gasteiger partial charge in [-0.05, 0) is 54.8 Å². The molecule has 0 atom stereocenters. The van der Waals surface area contributed by atoms with Crippen molar-refractivity contribution in [3.63, 3.8) is 0 Å². The van der Waals surface area contributed by atoms with Crippen LogP contribution in [0.25, 0.3) is 17.4 Å². The highest BCUT2D eigenvalue weighted by Crippen LogP contribution is 2.37. The maximum Gasteiger partial charge on any atom is 0.293 e. The molecule has 30 heavy (non-hydrogen) atoms. The van der Waals surface area contributed by atoms with Crippen LogP contribution >= 0.6 is 23.4 Å². The fourth-order valence-electron chi connectivity index (χ4n) is 3.85. The molecule has 7 nitrogen and oxygen atoms in total. The topological polar surface area (TPSA) is 93.7 Å². The van der Waals surface area contributed by atoms with Crippen molar-refractivity contribution in [3.05, 3.63) is 56.1 Å². The van der Waals surface area contributed by atoms with E-state index in [2.05, 4.69) is 0 Å². The van der Waals surface area contributed by atoms with Crippen molar-refractivity contribution in [1.29, 1.82) is 0 Å². The molecule has 2 aromatic rings. The molecular weight excluding hydrogens is 428 g/mol. The Labute approximate surface area is 182 Å². The van der Waals surface area contributed by atoms with Gasteiger partial charge in [-0.3, -0.25) is 24.6 Å². The van der Waals surface area contributed by atoms with Gasteiger partial charge in [-0.25, -0.2) is 0 Å². The maximum atomic E-state index is 12.7. The summed E-state index contributed by atoms with van der Waals surface area (Å²) in [5, 5.41) is 11.3. The third kappa shape index (κ3) is 4.29. The fourth-order valence-corrected chi connectivity index (χ4v) is 4.85. The van der Waals surface area contributed by atoms with Crippen molar-refractivity contribution in [2.24, 2.45) is 5.92 Å². The molecule has 0 unspecified atom stereocenters. The van der Waals surface area contributed by atoms with Gasteiger partial charge >= 0.3 is 0 Å². The average Bonchev–Trinajstić information content (AvgIpc) is 3.29. The number of imide groups is 1. The van der Waals surface area contributed by atoms with Crippen molar-refractivity contribution in [2.75, 3.05) is 6.54 Å². The Morgan fingerprint density at radius 1 is 1.20 bits per heavy atom. The SMILES string of the molecule is O=C1S/C(=C/c2ccc(-c3ccc(Cl)cc3[N+](=O)[O-])o2)C(=O)N1CC1CCCCC1. The highest BCUT2D eigenvalue weighted by atomic mass is 35.5. The molecular formula is C21H19ClN2O5S. The normalized spacial score (nSPS) is 19.1. The third-order valence-electron chi connectivity index (χ3n) is 5.36. The Morgan fingerprint density at radius 2 is 1.97 bits per heavy atom. The molecule has 1 saturated heterocycles. The van der Waals surface area contributed by atoms with Crippen molar-refractivity contribution >= 4 is 46.3 Å². The van der Waals surface area contributed by atoms with Gasteiger partial charge < -0.3 is 4.42 Å². The van der Waals surface area contributed by atoms with Crippen LogP contribution in [0.4, 0.5) is 10.5 Å². The summed E-state index contributed by atoms with van der Waals surface area (Å²) in [6.07, 6.45) is 7.10. The summed E-state index contributed by atoms with van der Waals surface area (Å²) < 4.78 is 5.71. The second-order valence-corrected chi connectivity index (χ2v) is 8.85. The van der Waals surface area contributed by atoms with Gasteiger partial charge in [0.15, 0.2) is 0 Å². The molecule has 2 fully saturated rings. The summed E-state index contributed by atoms with van der Waals surface area (Å²) in [4.78, 5) is 37.5. The largest absolute Gasteiger partial charge is 0.456 e. The molecule has 1 saturated carbocycles. The average molecular weight is 447 g/mol. The van der Waals surface area contributed by atoms with Gasteiger partial charge in [0.05, 0.1) is 15.4 Å². The van der Waals surface area contributed by atoms with Gasteiger partial charge in [0.1, 0.15) is 11.5 Å². The van der Waals surface area contributed by atoms with E-state index < -0.39 is 4.92 Å². The van der Waals surface area contributed by atoms with Crippen LogP contribution in [0.1, 0.15) is 37.9 Å². The van der Waals surface area contributed by atoms with Gasteiger partial charge in [0.2, 0.25) is 0 Å². The molecule has 156 valence electrons. The monoisotopic (exact) mass is 446 g/mol. The summed E-state index contributed by atoms with van der Waals surface area (Å²) in [5.41, 5.74) is 0.116. The Hall–Kier alpha value is -2.58. The highest BCUT2D eigenvalue weighted by Gasteiger charge is 2.36. The zero-order valence-corrected chi connectivity index (χ0v) is 17.6. The molecule has 1 aromatic heterocycles. The molecule has 0 spiro atoms. The van der Waals surface area contributed by atoms with Gasteiger partial charge in [-0.1, -0.05) is 30.9 Å². The van der Waals surface area contributed by atoms with Crippen LogP contribution in [-0.2, 0) is 4.79 Å². The predicted octanol–water partition coefficient (Wildman–Crippen LogP) is 6.12. The van der Waals surface area contributed by atoms with Gasteiger partial charge in [0.25, 0.3) is 16.8 Å². The number of nitro benzene ring substituents is 1. The van der Waals surface area contributed by atoms with Gasteiger partial charge in [-0.2, -0.15) is 0 Å². The van der Waals surface area contributed by atoms with E-state index in [0.717, 1.165) is 37.4 Å². The number of nitro groups is 1. The Kier molecular flexibility index (Phi) is 5.97. The first-order chi connectivity index (χ1) is 14.4. The lowest BCUT2D eigenvalue weighted by atomic mass is 9.89. The van der Waals surface area contributed by atoms with Crippen LogP contribution in [-0.4, -0.2) is 27.5 Å². The number of nitrogens with zero attached hydrogens (tertiary/aromatic N) is 2. The van der Waals surface area contributed by atoms with Crippen molar-refractivity contribution in [3.8, 4) is 11.3 Å². The lowest BCUT2D eigenvalue weighted by Crippen LogP contribution is -2.34. The minimum Gasteiger partial charge on any atom is -0.456 e. The number of rotatable bonds is 5. The second kappa shape index (κ2) is 8.65. The zero-order chi connectivity index (χ0) is 21.3. The molecule has 2 amide bonds. The summed E-state index contributed by atoms with van der Waals surface area (Å²) in [7, 11) is 0. The number of amides is 2. The Bertz CT molecular complexity index is 1040. The number of hydrogen-bond donors (Lipinski definition) is 0. The first-order valence-electron chi connectivity index (χ1n) is 9.72. The van der Waals surface area contributed by atoms with Gasteiger partial charge in [0, 0.05) is 23.7 Å². The van der Waals surface area contributed by atoms with E-state index in [1.54, 1.807) is 18.2 Å². The van der Waals surface area contributed by atoms with Crippen molar-refractivity contribution in [1.82, 2.24) is 4.90 Å². The van der Waals surface area contributed by atoms with E-state index >= 15 is 0 Å². The molecule has 0 bridgehead atoms. The number of furan rings is 1. The smallest absolute Gasteiger partial charge is 0.293 e. The lowest BCUT2D eigenvalue weighted by Gasteiger charge is -2.25. The van der Waals surface area contributed by atoms with E-state index in [0.29, 0.717) is 23.1 Å². The molecule has 9 heteroatoms. The number of carbonyl (C=O) groups excluding carboxylic acids is 2. The van der Waals surface area contributed by atoms with E-state index in [1.165, 1.54) is 29.5 Å². The number of benzene rings is 1. The minimum atomic E-state index is -0.528. The summed E-state index contributed by atoms with van der Waals surface area (Å²) in [5.74, 6) is 0.682. The standard InChI is InChI=1S/C21H19ClN2O5S/c22-14-6-8-16(17(10-14)24(27)28)18-9-7-15(29-18)11-19-20(25)23(21(26)30-19)12-13-4-2-1-3-5-13/h6-11,13H,1-5,12H2/b19-11+. The fraction of sp³-hybridized carbons (Fsp3) is 0.333. The molecule has 4 rings (SSSR count). The van der Waals surface area contributed by atoms with E-state index in [4.69, 9.17) is 16.0 Å². The van der Waals surface area contributed by atoms with Crippen molar-refractivity contribution in [2.45, 2.75) is 32.1 Å². The molecule has 1 aliphatic heterocycles. The van der Waals surface area contributed by atoms with Crippen LogP contribution in [0.15, 0.2) is 39.7 Å². The molecule has 2 aliphatic rings. The van der Waals surface area contributed by atoms with Crippen LogP contribution in [0.5, 0.6) is 0 Å². The molecule has 0 radical (unpaired) electrons. The minimum absolute atomic E-state index is 0.170. The van der Waals surface area contributed by atoms with E-state index in [9.17, 15) is 19.7 Å². The lowest BCUT2D eigenvalue weighted by molar-refractivity contribution is -0.384. The molecule has 1 aliphatic carbocycles. The first kappa shape index (κ1) is 20.7. The van der Waals surface area contributed by atoms with Crippen LogP contribution in [0.3, 0.4) is 0 Å². The summed E-state index contributed by atoms with van der Waals surface area (Å²) in [6.45, 7) is 0.461. The number of carbonyl (C=O) groups is 2. The molecule has 2 heterocycles. The van der Waals surface area contributed by atoms with Gasteiger partial charge in [-0.15, -0.1) is 0 Å². The Morgan fingerprint density at radius 3 is 2.70 bits per heavy atom. The van der Waals surface area contributed by atoms with Crippen molar-refractivity contribution < 1.29 is 18.9 Å². The molecule has 1 aromatic carbocycles. The first-order valence-corrected chi connectivity index (χ1v) is 10.9. The van der Waals surface area contributed by atoms with Crippen LogP contribution in [0.2, 0.25) is 5.02 Å². The quantitative estimate of drug-likeness (QED) is 0.311. The predicted molar refractivity (Wildman–Crippen MR) is 115 cm³/mol. The van der Waals surface area contributed by atoms with Crippen LogP contribution in [0, 0.1) is 16.0 Å². The summed E-state index contributed by atoms with van der Waals surface area (Å²) >= 11 is 6.75. The van der Waals surface area contributed by atoms with E-state index in [1.807, 2.05) is 0 Å². The zero-order valence-electron chi connectivity index (χ0n) is 16.0. The molecule has 0 N–H and O–H groups in total. The Balaban J connectivity index is 1.54. The third-order valence-corrected chi connectivity index (χ3v) is 6.50. The number of thioether (sulfide) groups is 1. The second-order valence-electron chi connectivity index (χ2n) is 7.42.